The Balaban J connectivity index is 1.43. The summed E-state index contributed by atoms with van der Waals surface area (Å²) < 4.78 is 36.1. The minimum absolute atomic E-state index is 0.262. The SMILES string of the molecule is O=S(CC1COCCOCCOCCO1)c1ccc2ccc3cccc4ccc1c2c34. The van der Waals surface area contributed by atoms with Gasteiger partial charge in [-0.05, 0) is 38.4 Å². The molecule has 2 atom stereocenters. The van der Waals surface area contributed by atoms with Crippen molar-refractivity contribution in [2.75, 3.05) is 52.0 Å². The third-order valence-corrected chi connectivity index (χ3v) is 7.22. The molecule has 0 bridgehead atoms. The summed E-state index contributed by atoms with van der Waals surface area (Å²) in [6.07, 6.45) is -0.262. The first-order valence-corrected chi connectivity index (χ1v) is 12.0. The number of hydrogen-bond donors (Lipinski definition) is 0. The normalized spacial score (nSPS) is 20.6. The van der Waals surface area contributed by atoms with Crippen LogP contribution in [-0.4, -0.2) is 62.3 Å². The predicted octanol–water partition coefficient (Wildman–Crippen LogP) is 4.14. The van der Waals surface area contributed by atoms with Crippen LogP contribution in [0.15, 0.2) is 59.5 Å². The molecule has 0 saturated carbocycles. The van der Waals surface area contributed by atoms with Crippen LogP contribution in [0.2, 0.25) is 0 Å². The van der Waals surface area contributed by atoms with Crippen LogP contribution in [0.25, 0.3) is 32.3 Å². The molecule has 31 heavy (non-hydrogen) atoms. The molecule has 6 heteroatoms. The van der Waals surface area contributed by atoms with Crippen LogP contribution in [0.4, 0.5) is 0 Å². The minimum Gasteiger partial charge on any atom is -0.377 e. The molecule has 1 aliphatic rings. The van der Waals surface area contributed by atoms with E-state index in [2.05, 4.69) is 48.5 Å². The first kappa shape index (κ1) is 20.8. The molecule has 5 nitrogen and oxygen atoms in total. The molecule has 5 rings (SSSR count). The van der Waals surface area contributed by atoms with Crippen LogP contribution in [0.3, 0.4) is 0 Å². The van der Waals surface area contributed by atoms with Crippen molar-refractivity contribution >= 4 is 43.1 Å². The fourth-order valence-corrected chi connectivity index (χ4v) is 5.58. The Kier molecular flexibility index (Phi) is 6.43. The van der Waals surface area contributed by atoms with Gasteiger partial charge in [0.2, 0.25) is 0 Å². The fourth-order valence-electron chi connectivity index (χ4n) is 4.24. The van der Waals surface area contributed by atoms with Gasteiger partial charge in [-0.3, -0.25) is 4.21 Å². The predicted molar refractivity (Wildman–Crippen MR) is 124 cm³/mol. The van der Waals surface area contributed by atoms with Gasteiger partial charge in [0, 0.05) is 4.90 Å². The highest BCUT2D eigenvalue weighted by molar-refractivity contribution is 7.85. The van der Waals surface area contributed by atoms with Crippen molar-refractivity contribution < 1.29 is 23.2 Å². The van der Waals surface area contributed by atoms with Crippen molar-refractivity contribution in [2.45, 2.75) is 11.0 Å². The van der Waals surface area contributed by atoms with Crippen LogP contribution in [-0.2, 0) is 29.7 Å². The Hall–Kier alpha value is -2.09. The van der Waals surface area contributed by atoms with Crippen LogP contribution in [0, 0.1) is 0 Å². The molecule has 0 radical (unpaired) electrons. The second-order valence-electron chi connectivity index (χ2n) is 7.72. The Morgan fingerprint density at radius 1 is 0.710 bits per heavy atom. The highest BCUT2D eigenvalue weighted by atomic mass is 32.2. The maximum atomic E-state index is 13.5. The van der Waals surface area contributed by atoms with Gasteiger partial charge in [-0.15, -0.1) is 0 Å². The van der Waals surface area contributed by atoms with Gasteiger partial charge in [-0.25, -0.2) is 0 Å². The molecule has 4 aromatic carbocycles. The van der Waals surface area contributed by atoms with Gasteiger partial charge in [-0.2, -0.15) is 0 Å². The Morgan fingerprint density at radius 3 is 2.10 bits per heavy atom. The quantitative estimate of drug-likeness (QED) is 0.450. The lowest BCUT2D eigenvalue weighted by molar-refractivity contribution is -0.0595. The monoisotopic (exact) mass is 438 g/mol. The summed E-state index contributed by atoms with van der Waals surface area (Å²) in [5.41, 5.74) is 0. The first-order valence-electron chi connectivity index (χ1n) is 10.7. The molecule has 2 unspecified atom stereocenters. The van der Waals surface area contributed by atoms with Gasteiger partial charge in [-0.1, -0.05) is 48.5 Å². The summed E-state index contributed by atoms with van der Waals surface area (Å²) in [7, 11) is -1.22. The van der Waals surface area contributed by atoms with E-state index in [1.807, 2.05) is 6.07 Å². The maximum absolute atomic E-state index is 13.5. The van der Waals surface area contributed by atoms with Crippen LogP contribution >= 0.6 is 0 Å². The summed E-state index contributed by atoms with van der Waals surface area (Å²) in [4.78, 5) is 0.847. The van der Waals surface area contributed by atoms with E-state index in [1.54, 1.807) is 0 Å². The smallest absolute Gasteiger partial charge is 0.0928 e. The minimum atomic E-state index is -1.22. The average molecular weight is 439 g/mol. The summed E-state index contributed by atoms with van der Waals surface area (Å²) in [5.74, 6) is 0.380. The van der Waals surface area contributed by atoms with Gasteiger partial charge < -0.3 is 18.9 Å². The third-order valence-electron chi connectivity index (χ3n) is 5.70. The molecule has 0 spiro atoms. The van der Waals surface area contributed by atoms with Crippen molar-refractivity contribution in [3.63, 3.8) is 0 Å². The van der Waals surface area contributed by atoms with Crippen LogP contribution in [0.5, 0.6) is 0 Å². The number of benzene rings is 4. The summed E-state index contributed by atoms with van der Waals surface area (Å²) >= 11 is 0. The first-order chi connectivity index (χ1) is 15.3. The molecule has 0 N–H and O–H groups in total. The van der Waals surface area contributed by atoms with E-state index in [-0.39, 0.29) is 6.10 Å². The third kappa shape index (κ3) is 4.45. The highest BCUT2D eigenvalue weighted by Crippen LogP contribution is 2.36. The number of rotatable bonds is 3. The van der Waals surface area contributed by atoms with Gasteiger partial charge >= 0.3 is 0 Å². The molecular weight excluding hydrogens is 412 g/mol. The summed E-state index contributed by atoms with van der Waals surface area (Å²) in [5, 5.41) is 7.05. The molecule has 0 amide bonds. The zero-order chi connectivity index (χ0) is 21.0. The fraction of sp³-hybridized carbons (Fsp3) is 0.360. The van der Waals surface area contributed by atoms with E-state index in [4.69, 9.17) is 18.9 Å². The van der Waals surface area contributed by atoms with E-state index >= 15 is 0 Å². The highest BCUT2D eigenvalue weighted by Gasteiger charge is 2.19. The molecule has 1 aliphatic heterocycles. The Labute approximate surface area is 184 Å². The lowest BCUT2D eigenvalue weighted by Gasteiger charge is -2.20. The second kappa shape index (κ2) is 9.59. The standard InChI is InChI=1S/C25H26O5S/c26-31(17-21-16-29-13-12-27-10-11-28-14-15-30-21)23-9-7-20-5-4-18-2-1-3-19-6-8-22(23)25(20)24(18)19/h1-9,21H,10-17H2. The van der Waals surface area contributed by atoms with Gasteiger partial charge in [0.05, 0.1) is 68.9 Å². The molecule has 1 fully saturated rings. The number of ether oxygens (including phenoxy) is 4. The Bertz CT molecular complexity index is 1160. The van der Waals surface area contributed by atoms with Crippen molar-refractivity contribution in [3.8, 4) is 0 Å². The maximum Gasteiger partial charge on any atom is 0.0928 e. The van der Waals surface area contributed by atoms with E-state index in [0.29, 0.717) is 52.0 Å². The lowest BCUT2D eigenvalue weighted by atomic mass is 9.94. The van der Waals surface area contributed by atoms with E-state index < -0.39 is 10.8 Å². The topological polar surface area (TPSA) is 54.0 Å². The van der Waals surface area contributed by atoms with Crippen molar-refractivity contribution in [2.24, 2.45) is 0 Å². The molecule has 1 heterocycles. The number of hydrogen-bond acceptors (Lipinski definition) is 5. The summed E-state index contributed by atoms with van der Waals surface area (Å²) in [6, 6.07) is 18.9. The van der Waals surface area contributed by atoms with E-state index in [1.165, 1.54) is 26.9 Å². The van der Waals surface area contributed by atoms with E-state index in [0.717, 1.165) is 10.3 Å². The van der Waals surface area contributed by atoms with Gasteiger partial charge in [0.25, 0.3) is 0 Å². The summed E-state index contributed by atoms with van der Waals surface area (Å²) in [6.45, 7) is 3.45. The molecule has 162 valence electrons. The van der Waals surface area contributed by atoms with E-state index in [9.17, 15) is 4.21 Å². The average Bonchev–Trinajstić information content (AvgIpc) is 2.79. The lowest BCUT2D eigenvalue weighted by Crippen LogP contribution is -2.29. The molecule has 1 saturated heterocycles. The molecule has 0 aliphatic carbocycles. The van der Waals surface area contributed by atoms with Crippen molar-refractivity contribution in [1.82, 2.24) is 0 Å². The van der Waals surface area contributed by atoms with Crippen molar-refractivity contribution in [1.29, 1.82) is 0 Å². The van der Waals surface area contributed by atoms with Crippen LogP contribution < -0.4 is 0 Å². The zero-order valence-electron chi connectivity index (χ0n) is 17.4. The zero-order valence-corrected chi connectivity index (χ0v) is 18.2. The van der Waals surface area contributed by atoms with Gasteiger partial charge in [0.1, 0.15) is 0 Å². The molecular formula is C25H26O5S. The molecule has 4 aromatic rings. The second-order valence-corrected chi connectivity index (χ2v) is 9.19. The van der Waals surface area contributed by atoms with Gasteiger partial charge in [0.15, 0.2) is 0 Å². The van der Waals surface area contributed by atoms with Crippen molar-refractivity contribution in [3.05, 3.63) is 54.6 Å². The molecule has 0 aromatic heterocycles. The largest absolute Gasteiger partial charge is 0.377 e. The van der Waals surface area contributed by atoms with Crippen LogP contribution in [0.1, 0.15) is 0 Å². The Morgan fingerprint density at radius 2 is 1.32 bits per heavy atom.